The number of hydrogen-bond acceptors (Lipinski definition) is 7. The van der Waals surface area contributed by atoms with Gasteiger partial charge in [-0.25, -0.2) is 10.1 Å². The molecular formula is C16H16N8O2. The monoisotopic (exact) mass is 352 g/mol. The predicted octanol–water partition coefficient (Wildman–Crippen LogP) is 1.24. The van der Waals surface area contributed by atoms with Crippen LogP contribution in [0.2, 0.25) is 0 Å². The minimum atomic E-state index is -0.388. The van der Waals surface area contributed by atoms with E-state index in [4.69, 9.17) is 4.74 Å². The molecule has 0 radical (unpaired) electrons. The van der Waals surface area contributed by atoms with Gasteiger partial charge in [0.1, 0.15) is 18.1 Å². The maximum atomic E-state index is 12.1. The second kappa shape index (κ2) is 5.28. The molecular weight excluding hydrogens is 336 g/mol. The topological polar surface area (TPSA) is 123 Å². The zero-order valence-electron chi connectivity index (χ0n) is 14.0. The molecule has 132 valence electrons. The third kappa shape index (κ3) is 2.30. The van der Waals surface area contributed by atoms with Gasteiger partial charge in [0, 0.05) is 25.0 Å². The third-order valence-electron chi connectivity index (χ3n) is 4.70. The molecule has 3 aromatic heterocycles. The highest BCUT2D eigenvalue weighted by atomic mass is 16.5. The average molecular weight is 352 g/mol. The second-order valence-electron chi connectivity index (χ2n) is 6.50. The van der Waals surface area contributed by atoms with Gasteiger partial charge in [0.05, 0.1) is 17.3 Å². The number of ether oxygens (including phenoxy) is 1. The van der Waals surface area contributed by atoms with Gasteiger partial charge in [-0.1, -0.05) is 0 Å². The normalized spacial score (nSPS) is 16.4. The van der Waals surface area contributed by atoms with Crippen molar-refractivity contribution < 1.29 is 9.53 Å². The lowest BCUT2D eigenvalue weighted by molar-refractivity contribution is -0.117. The SMILES string of the molecule is Cn1ccc(COc2[nH]ncc2Nc2ncc3c(n2)NC(=O)C32CC2)n1. The maximum absolute atomic E-state index is 12.1. The Morgan fingerprint density at radius 3 is 3.04 bits per heavy atom. The van der Waals surface area contributed by atoms with Crippen LogP contribution in [-0.2, 0) is 23.9 Å². The smallest absolute Gasteiger partial charge is 0.236 e. The summed E-state index contributed by atoms with van der Waals surface area (Å²) in [6.45, 7) is 0.307. The van der Waals surface area contributed by atoms with Gasteiger partial charge in [0.2, 0.25) is 17.7 Å². The molecule has 2 aliphatic rings. The second-order valence-corrected chi connectivity index (χ2v) is 6.50. The van der Waals surface area contributed by atoms with Crippen LogP contribution >= 0.6 is 0 Å². The Morgan fingerprint density at radius 2 is 2.27 bits per heavy atom. The van der Waals surface area contributed by atoms with Crippen molar-refractivity contribution >= 4 is 23.4 Å². The summed E-state index contributed by atoms with van der Waals surface area (Å²) >= 11 is 0. The summed E-state index contributed by atoms with van der Waals surface area (Å²) in [7, 11) is 1.85. The van der Waals surface area contributed by atoms with E-state index in [0.717, 1.165) is 24.1 Å². The van der Waals surface area contributed by atoms with E-state index in [1.807, 2.05) is 19.3 Å². The lowest BCUT2D eigenvalue weighted by Crippen LogP contribution is -2.18. The minimum Gasteiger partial charge on any atom is -0.470 e. The van der Waals surface area contributed by atoms with Crippen LogP contribution in [0, 0.1) is 0 Å². The molecule has 4 heterocycles. The van der Waals surface area contributed by atoms with E-state index in [0.29, 0.717) is 29.9 Å². The zero-order chi connectivity index (χ0) is 17.7. The maximum Gasteiger partial charge on any atom is 0.236 e. The third-order valence-corrected chi connectivity index (χ3v) is 4.70. The molecule has 1 saturated carbocycles. The van der Waals surface area contributed by atoms with Crippen molar-refractivity contribution in [2.75, 3.05) is 10.6 Å². The molecule has 10 heteroatoms. The Kier molecular flexibility index (Phi) is 3.02. The van der Waals surface area contributed by atoms with Gasteiger partial charge in [-0.2, -0.15) is 15.2 Å². The number of H-pyrrole nitrogens is 1. The summed E-state index contributed by atoms with van der Waals surface area (Å²) in [5, 5.41) is 16.9. The first-order valence-corrected chi connectivity index (χ1v) is 8.25. The van der Waals surface area contributed by atoms with Crippen molar-refractivity contribution in [2.45, 2.75) is 24.9 Å². The number of carbonyl (C=O) groups is 1. The summed E-state index contributed by atoms with van der Waals surface area (Å²) in [4.78, 5) is 20.8. The quantitative estimate of drug-likeness (QED) is 0.631. The number of fused-ring (bicyclic) bond motifs is 2. The number of aromatic nitrogens is 6. The molecule has 1 amide bonds. The lowest BCUT2D eigenvalue weighted by Gasteiger charge is -2.08. The lowest BCUT2D eigenvalue weighted by atomic mass is 10.0. The molecule has 1 spiro atoms. The van der Waals surface area contributed by atoms with Crippen LogP contribution in [0.3, 0.4) is 0 Å². The van der Waals surface area contributed by atoms with Crippen molar-refractivity contribution in [3.8, 4) is 5.88 Å². The van der Waals surface area contributed by atoms with Gasteiger partial charge in [-0.05, 0) is 18.9 Å². The van der Waals surface area contributed by atoms with Gasteiger partial charge in [0.25, 0.3) is 0 Å². The van der Waals surface area contributed by atoms with Crippen LogP contribution < -0.4 is 15.4 Å². The molecule has 0 atom stereocenters. The van der Waals surface area contributed by atoms with Gasteiger partial charge >= 0.3 is 0 Å². The fraction of sp³-hybridized carbons (Fsp3) is 0.312. The van der Waals surface area contributed by atoms with Gasteiger partial charge in [0.15, 0.2) is 0 Å². The summed E-state index contributed by atoms with van der Waals surface area (Å²) < 4.78 is 7.43. The molecule has 1 fully saturated rings. The number of hydrogen-bond donors (Lipinski definition) is 3. The van der Waals surface area contributed by atoms with Crippen molar-refractivity contribution in [1.29, 1.82) is 0 Å². The predicted molar refractivity (Wildman–Crippen MR) is 91.0 cm³/mol. The van der Waals surface area contributed by atoms with Gasteiger partial charge in [-0.3, -0.25) is 9.48 Å². The van der Waals surface area contributed by atoms with E-state index < -0.39 is 0 Å². The van der Waals surface area contributed by atoms with Crippen LogP contribution in [0.25, 0.3) is 0 Å². The highest BCUT2D eigenvalue weighted by molar-refractivity contribution is 6.07. The van der Waals surface area contributed by atoms with Crippen LogP contribution in [0.1, 0.15) is 24.1 Å². The van der Waals surface area contributed by atoms with E-state index in [1.54, 1.807) is 17.1 Å². The first kappa shape index (κ1) is 14.9. The molecule has 10 nitrogen and oxygen atoms in total. The number of amides is 1. The average Bonchev–Trinajstić information content (AvgIpc) is 3.01. The van der Waals surface area contributed by atoms with E-state index in [1.165, 1.54) is 0 Å². The van der Waals surface area contributed by atoms with Crippen LogP contribution in [-0.4, -0.2) is 35.9 Å². The largest absolute Gasteiger partial charge is 0.470 e. The van der Waals surface area contributed by atoms with E-state index in [9.17, 15) is 4.79 Å². The van der Waals surface area contributed by atoms with E-state index in [2.05, 4.69) is 35.9 Å². The van der Waals surface area contributed by atoms with Gasteiger partial charge < -0.3 is 15.4 Å². The number of aryl methyl sites for hydroxylation is 1. The van der Waals surface area contributed by atoms with Crippen molar-refractivity contribution in [1.82, 2.24) is 29.9 Å². The first-order valence-electron chi connectivity index (χ1n) is 8.25. The zero-order valence-corrected chi connectivity index (χ0v) is 14.0. The molecule has 0 aromatic carbocycles. The number of rotatable bonds is 5. The fourth-order valence-corrected chi connectivity index (χ4v) is 3.14. The van der Waals surface area contributed by atoms with E-state index >= 15 is 0 Å². The summed E-state index contributed by atoms with van der Waals surface area (Å²) in [5.74, 6) is 1.42. The Balaban J connectivity index is 1.33. The fourth-order valence-electron chi connectivity index (χ4n) is 3.14. The molecule has 0 saturated heterocycles. The standard InChI is InChI=1S/C16H16N8O2/c1-24-5-2-9(23-24)8-26-13-11(7-18-22-13)19-15-17-6-10-12(21-15)20-14(25)16(10)3-4-16/h2,5-7H,3-4,8H2,1H3,(H,18,22)(H2,17,19,20,21,25). The number of nitrogens with one attached hydrogen (secondary N) is 3. The van der Waals surface area contributed by atoms with Crippen molar-refractivity contribution in [3.05, 3.63) is 35.9 Å². The Labute approximate surface area is 148 Å². The number of aromatic amines is 1. The molecule has 0 bridgehead atoms. The molecule has 1 aliphatic heterocycles. The first-order chi connectivity index (χ1) is 12.6. The molecule has 0 unspecified atom stereocenters. The van der Waals surface area contributed by atoms with Crippen LogP contribution in [0.5, 0.6) is 5.88 Å². The summed E-state index contributed by atoms with van der Waals surface area (Å²) in [5.41, 5.74) is 1.90. The molecule has 26 heavy (non-hydrogen) atoms. The van der Waals surface area contributed by atoms with Crippen LogP contribution in [0.4, 0.5) is 17.5 Å². The van der Waals surface area contributed by atoms with E-state index in [-0.39, 0.29) is 11.3 Å². The number of carbonyl (C=O) groups excluding carboxylic acids is 1. The van der Waals surface area contributed by atoms with Crippen LogP contribution in [0.15, 0.2) is 24.7 Å². The van der Waals surface area contributed by atoms with Gasteiger partial charge in [-0.15, -0.1) is 0 Å². The minimum absolute atomic E-state index is 0.0154. The summed E-state index contributed by atoms with van der Waals surface area (Å²) in [6.07, 6.45) is 6.86. The van der Waals surface area contributed by atoms with Crippen molar-refractivity contribution in [2.24, 2.45) is 7.05 Å². The molecule has 3 N–H and O–H groups in total. The number of anilines is 3. The Morgan fingerprint density at radius 1 is 1.38 bits per heavy atom. The Hall–Kier alpha value is -3.43. The van der Waals surface area contributed by atoms with Crippen molar-refractivity contribution in [3.63, 3.8) is 0 Å². The highest BCUT2D eigenvalue weighted by Gasteiger charge is 2.57. The highest BCUT2D eigenvalue weighted by Crippen LogP contribution is 2.54. The molecule has 3 aromatic rings. The number of nitrogens with zero attached hydrogens (tertiary/aromatic N) is 5. The summed E-state index contributed by atoms with van der Waals surface area (Å²) in [6, 6.07) is 1.88. The molecule has 1 aliphatic carbocycles. The Bertz CT molecular complexity index is 1000. The molecule has 5 rings (SSSR count).